The molecule has 0 aromatic carbocycles. The lowest BCUT2D eigenvalue weighted by Gasteiger charge is -2.21. The lowest BCUT2D eigenvalue weighted by molar-refractivity contribution is 0.241. The van der Waals surface area contributed by atoms with Crippen molar-refractivity contribution >= 4 is 0 Å². The van der Waals surface area contributed by atoms with E-state index in [2.05, 4.69) is 25.7 Å². The van der Waals surface area contributed by atoms with Crippen LogP contribution in [0.2, 0.25) is 0 Å². The van der Waals surface area contributed by atoms with Gasteiger partial charge in [-0.15, -0.1) is 0 Å². The Morgan fingerprint density at radius 2 is 1.82 bits per heavy atom. The van der Waals surface area contributed by atoms with Gasteiger partial charge in [-0.3, -0.25) is 4.90 Å². The lowest BCUT2D eigenvalue weighted by Crippen LogP contribution is -2.30. The van der Waals surface area contributed by atoms with E-state index >= 15 is 0 Å². The van der Waals surface area contributed by atoms with Gasteiger partial charge >= 0.3 is 0 Å². The van der Waals surface area contributed by atoms with E-state index in [1.54, 1.807) is 0 Å². The van der Waals surface area contributed by atoms with Gasteiger partial charge in [-0.05, 0) is 38.1 Å². The molecule has 64 valence electrons. The molecule has 0 amide bonds. The zero-order valence-corrected chi connectivity index (χ0v) is 7.88. The highest BCUT2D eigenvalue weighted by Crippen LogP contribution is 2.40. The van der Waals surface area contributed by atoms with E-state index in [1.807, 2.05) is 0 Å². The monoisotopic (exact) mass is 153 g/mol. The Morgan fingerprint density at radius 1 is 1.09 bits per heavy atom. The maximum atomic E-state index is 2.72. The Hall–Kier alpha value is -0.0400. The first-order valence-corrected chi connectivity index (χ1v) is 4.97. The van der Waals surface area contributed by atoms with Gasteiger partial charge in [0.25, 0.3) is 0 Å². The van der Waals surface area contributed by atoms with Crippen molar-refractivity contribution in [2.45, 2.75) is 45.7 Å². The molecule has 1 nitrogen and oxygen atoms in total. The topological polar surface area (TPSA) is 3.24 Å². The van der Waals surface area contributed by atoms with Crippen LogP contribution < -0.4 is 0 Å². The van der Waals surface area contributed by atoms with Crippen LogP contribution >= 0.6 is 0 Å². The van der Waals surface area contributed by atoms with Crippen molar-refractivity contribution in [3.05, 3.63) is 0 Å². The lowest BCUT2D eigenvalue weighted by atomic mass is 9.89. The Bertz CT molecular complexity index is 139. The molecule has 0 spiro atoms. The third kappa shape index (κ3) is 0.936. The first kappa shape index (κ1) is 7.60. The predicted octanol–water partition coefficient (Wildman–Crippen LogP) is 2.13. The second-order valence-corrected chi connectivity index (χ2v) is 4.41. The molecule has 1 heteroatoms. The van der Waals surface area contributed by atoms with Gasteiger partial charge in [-0.1, -0.05) is 13.8 Å². The van der Waals surface area contributed by atoms with Crippen molar-refractivity contribution in [3.63, 3.8) is 0 Å². The molecule has 11 heavy (non-hydrogen) atoms. The molecule has 0 bridgehead atoms. The largest absolute Gasteiger partial charge is 0.297 e. The van der Waals surface area contributed by atoms with Crippen molar-refractivity contribution in [2.24, 2.45) is 11.8 Å². The van der Waals surface area contributed by atoms with Crippen LogP contribution in [0.4, 0.5) is 0 Å². The molecular weight excluding hydrogens is 134 g/mol. The summed E-state index contributed by atoms with van der Waals surface area (Å²) in [5.74, 6) is 1.85. The summed E-state index contributed by atoms with van der Waals surface area (Å²) in [5.41, 5.74) is 0. The van der Waals surface area contributed by atoms with Crippen molar-refractivity contribution in [1.82, 2.24) is 4.90 Å². The van der Waals surface area contributed by atoms with E-state index < -0.39 is 0 Å². The maximum Gasteiger partial charge on any atom is 0.0127 e. The average molecular weight is 153 g/mol. The van der Waals surface area contributed by atoms with E-state index in [-0.39, 0.29) is 0 Å². The van der Waals surface area contributed by atoms with Gasteiger partial charge in [0.1, 0.15) is 0 Å². The quantitative estimate of drug-likeness (QED) is 0.515. The van der Waals surface area contributed by atoms with Gasteiger partial charge in [-0.25, -0.2) is 0 Å². The molecule has 0 saturated carbocycles. The molecule has 4 unspecified atom stereocenters. The second-order valence-electron chi connectivity index (χ2n) is 4.41. The fourth-order valence-corrected chi connectivity index (χ4v) is 2.98. The van der Waals surface area contributed by atoms with Gasteiger partial charge in [0.05, 0.1) is 0 Å². The van der Waals surface area contributed by atoms with Crippen LogP contribution in [-0.2, 0) is 0 Å². The number of hydrogen-bond donors (Lipinski definition) is 0. The summed E-state index contributed by atoms with van der Waals surface area (Å²) >= 11 is 0. The molecule has 0 aliphatic carbocycles. The first-order valence-electron chi connectivity index (χ1n) is 4.97. The summed E-state index contributed by atoms with van der Waals surface area (Å²) < 4.78 is 0. The summed E-state index contributed by atoms with van der Waals surface area (Å²) in [6.45, 7) is 8.60. The van der Waals surface area contributed by atoms with E-state index in [0.717, 1.165) is 23.9 Å². The van der Waals surface area contributed by atoms with Gasteiger partial charge in [0.15, 0.2) is 0 Å². The highest BCUT2D eigenvalue weighted by atomic mass is 15.2. The van der Waals surface area contributed by atoms with E-state index in [4.69, 9.17) is 0 Å². The van der Waals surface area contributed by atoms with Crippen LogP contribution in [-0.4, -0.2) is 23.5 Å². The molecule has 0 aromatic rings. The van der Waals surface area contributed by atoms with E-state index in [0.29, 0.717) is 0 Å². The molecule has 2 heterocycles. The standard InChI is InChI=1S/C10H19N/c1-7-8(2)10-5-4-6-11(10)9(7)3/h7-10H,4-6H2,1-3H3. The molecule has 0 radical (unpaired) electrons. The smallest absolute Gasteiger partial charge is 0.0127 e. The molecule has 2 fully saturated rings. The minimum Gasteiger partial charge on any atom is -0.297 e. The van der Waals surface area contributed by atoms with Gasteiger partial charge in [0, 0.05) is 12.1 Å². The molecular formula is C10H19N. The SMILES string of the molecule is CC1C(C)C2CCCN2C1C. The number of hydrogen-bond acceptors (Lipinski definition) is 1. The Balaban J connectivity index is 2.17. The summed E-state index contributed by atoms with van der Waals surface area (Å²) in [6, 6.07) is 1.78. The number of nitrogens with zero attached hydrogens (tertiary/aromatic N) is 1. The minimum absolute atomic E-state index is 0.845. The first-order chi connectivity index (χ1) is 5.22. The van der Waals surface area contributed by atoms with Crippen LogP contribution in [0.15, 0.2) is 0 Å². The molecule has 2 rings (SSSR count). The van der Waals surface area contributed by atoms with Crippen molar-refractivity contribution < 1.29 is 0 Å². The second kappa shape index (κ2) is 2.48. The van der Waals surface area contributed by atoms with Crippen LogP contribution in [0.3, 0.4) is 0 Å². The van der Waals surface area contributed by atoms with E-state index in [1.165, 1.54) is 19.4 Å². The Morgan fingerprint density at radius 3 is 2.45 bits per heavy atom. The van der Waals surface area contributed by atoms with E-state index in [9.17, 15) is 0 Å². The van der Waals surface area contributed by atoms with Gasteiger partial charge in [0.2, 0.25) is 0 Å². The third-order valence-corrected chi connectivity index (χ3v) is 4.06. The fraction of sp³-hybridized carbons (Fsp3) is 1.00. The summed E-state index contributed by atoms with van der Waals surface area (Å²) in [4.78, 5) is 2.72. The third-order valence-electron chi connectivity index (χ3n) is 4.06. The molecule has 4 atom stereocenters. The minimum atomic E-state index is 0.845. The van der Waals surface area contributed by atoms with Gasteiger partial charge < -0.3 is 0 Å². The van der Waals surface area contributed by atoms with Crippen LogP contribution in [0.1, 0.15) is 33.6 Å². The normalized spacial score (nSPS) is 51.5. The number of fused-ring (bicyclic) bond motifs is 1. The van der Waals surface area contributed by atoms with Gasteiger partial charge in [-0.2, -0.15) is 0 Å². The maximum absolute atomic E-state index is 2.72. The zero-order chi connectivity index (χ0) is 8.01. The van der Waals surface area contributed by atoms with Crippen molar-refractivity contribution in [1.29, 1.82) is 0 Å². The molecule has 2 aliphatic rings. The fourth-order valence-electron chi connectivity index (χ4n) is 2.98. The van der Waals surface area contributed by atoms with Crippen LogP contribution in [0.25, 0.3) is 0 Å². The summed E-state index contributed by atoms with van der Waals surface area (Å²) in [5, 5.41) is 0. The summed E-state index contributed by atoms with van der Waals surface area (Å²) in [6.07, 6.45) is 2.89. The number of rotatable bonds is 0. The highest BCUT2D eigenvalue weighted by molar-refractivity contribution is 4.97. The average Bonchev–Trinajstić information content (AvgIpc) is 2.53. The molecule has 2 aliphatic heterocycles. The van der Waals surface area contributed by atoms with Crippen molar-refractivity contribution in [3.8, 4) is 0 Å². The Kier molecular flexibility index (Phi) is 1.71. The zero-order valence-electron chi connectivity index (χ0n) is 7.88. The van der Waals surface area contributed by atoms with Crippen LogP contribution in [0.5, 0.6) is 0 Å². The predicted molar refractivity (Wildman–Crippen MR) is 47.5 cm³/mol. The molecule has 0 aromatic heterocycles. The highest BCUT2D eigenvalue weighted by Gasteiger charge is 2.43. The van der Waals surface area contributed by atoms with Crippen molar-refractivity contribution in [2.75, 3.05) is 6.54 Å². The Labute approximate surface area is 69.8 Å². The molecule has 0 N–H and O–H groups in total. The summed E-state index contributed by atoms with van der Waals surface area (Å²) in [7, 11) is 0. The van der Waals surface area contributed by atoms with Crippen LogP contribution in [0, 0.1) is 11.8 Å². The molecule has 2 saturated heterocycles.